The topological polar surface area (TPSA) is 37.3 Å². The maximum absolute atomic E-state index is 16.1. The number of phenolic OH excluding ortho intramolecular Hbond substituents is 1. The zero-order chi connectivity index (χ0) is 28.0. The van der Waals surface area contributed by atoms with Crippen molar-refractivity contribution in [3.8, 4) is 5.75 Å². The van der Waals surface area contributed by atoms with E-state index in [1.54, 1.807) is 84.0 Å². The fraction of sp³-hybridized carbons (Fsp3) is 0.250. The molecule has 4 aromatic carbocycles. The first kappa shape index (κ1) is 27.7. The van der Waals surface area contributed by atoms with Crippen LogP contribution in [0.3, 0.4) is 0 Å². The van der Waals surface area contributed by atoms with E-state index in [-0.39, 0.29) is 38.6 Å². The number of phenols is 1. The minimum Gasteiger partial charge on any atom is -0.507 e. The molecule has 1 unspecified atom stereocenters. The third-order valence-electron chi connectivity index (χ3n) is 7.12. The zero-order valence-corrected chi connectivity index (χ0v) is 23.3. The van der Waals surface area contributed by atoms with Gasteiger partial charge < -0.3 is 9.67 Å². The van der Waals surface area contributed by atoms with Gasteiger partial charge in [0, 0.05) is 10.6 Å². The maximum Gasteiger partial charge on any atom is 0.409 e. The second kappa shape index (κ2) is 9.78. The van der Waals surface area contributed by atoms with Gasteiger partial charge in [-0.05, 0) is 88.1 Å². The highest BCUT2D eigenvalue weighted by Crippen LogP contribution is 2.71. The number of rotatable bonds is 5. The lowest BCUT2D eigenvalue weighted by Crippen LogP contribution is -2.48. The van der Waals surface area contributed by atoms with Crippen molar-refractivity contribution in [2.24, 2.45) is 0 Å². The van der Waals surface area contributed by atoms with E-state index in [0.717, 1.165) is 22.3 Å². The van der Waals surface area contributed by atoms with E-state index >= 15 is 17.7 Å². The molecule has 0 heterocycles. The molecular weight excluding hydrogens is 504 g/mol. The fourth-order valence-corrected chi connectivity index (χ4v) is 9.66. The standard InChI is InChI=1S/C32H32F3O2P/c1-20-12-21(2)15-28(14-20)38(37,29-16-22(3)13-23(4)17-29)31(32(33,34)35,26-10-8-7-9-11-26)27-18-24(5)30(36)25(6)19-27/h7-19,36H,1-6H3. The molecular formula is C32H32F3O2P. The fourth-order valence-electron chi connectivity index (χ4n) is 5.68. The second-order valence-electron chi connectivity index (χ2n) is 10.3. The SMILES string of the molecule is Cc1cc(C)cc(P(=O)(c2cc(C)cc(C)c2)C(c2ccccc2)(c2cc(C)c(O)c(C)c2)C(F)(F)F)c1. The van der Waals surface area contributed by atoms with Crippen molar-refractivity contribution in [2.75, 3.05) is 0 Å². The van der Waals surface area contributed by atoms with Crippen molar-refractivity contribution in [1.29, 1.82) is 0 Å². The molecule has 6 heteroatoms. The Kier molecular flexibility index (Phi) is 7.14. The first-order valence-corrected chi connectivity index (χ1v) is 14.1. The minimum atomic E-state index is -4.98. The van der Waals surface area contributed by atoms with Crippen molar-refractivity contribution in [2.45, 2.75) is 52.9 Å². The third-order valence-corrected chi connectivity index (χ3v) is 10.8. The van der Waals surface area contributed by atoms with Crippen LogP contribution in [0.2, 0.25) is 0 Å². The Morgan fingerprint density at radius 3 is 1.37 bits per heavy atom. The summed E-state index contributed by atoms with van der Waals surface area (Å²) in [7, 11) is -4.60. The van der Waals surface area contributed by atoms with E-state index in [0.29, 0.717) is 0 Å². The van der Waals surface area contributed by atoms with E-state index in [1.807, 2.05) is 12.1 Å². The molecule has 1 atom stereocenters. The van der Waals surface area contributed by atoms with E-state index in [1.165, 1.54) is 24.3 Å². The molecule has 0 spiro atoms. The molecule has 0 saturated carbocycles. The van der Waals surface area contributed by atoms with Crippen molar-refractivity contribution in [3.05, 3.63) is 123 Å². The van der Waals surface area contributed by atoms with Crippen molar-refractivity contribution in [1.82, 2.24) is 0 Å². The van der Waals surface area contributed by atoms with Gasteiger partial charge in [0.05, 0.1) is 0 Å². The predicted octanol–water partition coefficient (Wildman–Crippen LogP) is 8.06. The molecule has 0 aromatic heterocycles. The smallest absolute Gasteiger partial charge is 0.409 e. The first-order valence-electron chi connectivity index (χ1n) is 12.4. The molecule has 1 N–H and O–H groups in total. The molecule has 38 heavy (non-hydrogen) atoms. The summed E-state index contributed by atoms with van der Waals surface area (Å²) >= 11 is 0. The molecule has 0 saturated heterocycles. The largest absolute Gasteiger partial charge is 0.507 e. The Morgan fingerprint density at radius 2 is 1.00 bits per heavy atom. The van der Waals surface area contributed by atoms with Gasteiger partial charge in [0.25, 0.3) is 0 Å². The number of aryl methyl sites for hydroxylation is 6. The highest BCUT2D eigenvalue weighted by Gasteiger charge is 2.68. The summed E-state index contributed by atoms with van der Waals surface area (Å²) < 4.78 is 64.5. The molecule has 0 aliphatic carbocycles. The first-order chi connectivity index (χ1) is 17.7. The summed E-state index contributed by atoms with van der Waals surface area (Å²) in [4.78, 5) is 0. The summed E-state index contributed by atoms with van der Waals surface area (Å²) in [5, 5.41) is 7.86. The van der Waals surface area contributed by atoms with E-state index in [4.69, 9.17) is 0 Å². The van der Waals surface area contributed by atoms with Crippen molar-refractivity contribution in [3.63, 3.8) is 0 Å². The van der Waals surface area contributed by atoms with Crippen LogP contribution in [0.15, 0.2) is 78.9 Å². The average Bonchev–Trinajstić information content (AvgIpc) is 2.81. The van der Waals surface area contributed by atoms with E-state index in [2.05, 4.69) is 0 Å². The Morgan fingerprint density at radius 1 is 0.605 bits per heavy atom. The second-order valence-corrected chi connectivity index (χ2v) is 13.3. The Balaban J connectivity index is 2.35. The summed E-state index contributed by atoms with van der Waals surface area (Å²) in [6, 6.07) is 20.4. The summed E-state index contributed by atoms with van der Waals surface area (Å²) in [5.41, 5.74) is 3.22. The minimum absolute atomic E-state index is 0.0782. The van der Waals surface area contributed by atoms with Crippen LogP contribution in [0.4, 0.5) is 13.2 Å². The van der Waals surface area contributed by atoms with Gasteiger partial charge in [-0.25, -0.2) is 0 Å². The summed E-state index contributed by atoms with van der Waals surface area (Å²) in [5.74, 6) is -0.0782. The van der Waals surface area contributed by atoms with Crippen LogP contribution in [0.5, 0.6) is 5.75 Å². The molecule has 198 valence electrons. The zero-order valence-electron chi connectivity index (χ0n) is 22.4. The molecule has 0 radical (unpaired) electrons. The normalized spacial score (nSPS) is 13.8. The van der Waals surface area contributed by atoms with Gasteiger partial charge in [-0.1, -0.05) is 76.9 Å². The monoisotopic (exact) mass is 536 g/mol. The number of halogens is 3. The predicted molar refractivity (Wildman–Crippen MR) is 150 cm³/mol. The van der Waals surface area contributed by atoms with Crippen molar-refractivity contribution < 1.29 is 22.8 Å². The van der Waals surface area contributed by atoms with Gasteiger partial charge in [0.1, 0.15) is 5.75 Å². The summed E-state index contributed by atoms with van der Waals surface area (Å²) in [6.45, 7) is 10.3. The Labute approximate surface area is 222 Å². The molecule has 0 amide bonds. The van der Waals surface area contributed by atoms with Gasteiger partial charge in [-0.2, -0.15) is 13.2 Å². The summed E-state index contributed by atoms with van der Waals surface area (Å²) in [6.07, 6.45) is -4.98. The van der Waals surface area contributed by atoms with Crippen LogP contribution in [0.25, 0.3) is 0 Å². The number of hydrogen-bond acceptors (Lipinski definition) is 2. The number of aromatic hydroxyl groups is 1. The van der Waals surface area contributed by atoms with Crippen LogP contribution in [-0.2, 0) is 9.72 Å². The highest BCUT2D eigenvalue weighted by molar-refractivity contribution is 7.80. The van der Waals surface area contributed by atoms with Gasteiger partial charge in [0.15, 0.2) is 12.3 Å². The highest BCUT2D eigenvalue weighted by atomic mass is 31.2. The maximum atomic E-state index is 16.1. The number of benzene rings is 4. The van der Waals surface area contributed by atoms with Gasteiger partial charge in [-0.3, -0.25) is 0 Å². The number of hydrogen-bond donors (Lipinski definition) is 1. The molecule has 0 aliphatic rings. The molecule has 4 aromatic rings. The van der Waals surface area contributed by atoms with Gasteiger partial charge >= 0.3 is 6.18 Å². The lowest BCUT2D eigenvalue weighted by Gasteiger charge is -2.44. The molecule has 4 rings (SSSR count). The average molecular weight is 537 g/mol. The third kappa shape index (κ3) is 4.37. The lowest BCUT2D eigenvalue weighted by molar-refractivity contribution is -0.154. The van der Waals surface area contributed by atoms with Crippen LogP contribution in [0.1, 0.15) is 44.5 Å². The van der Waals surface area contributed by atoms with Crippen molar-refractivity contribution >= 4 is 17.8 Å². The van der Waals surface area contributed by atoms with Gasteiger partial charge in [0.2, 0.25) is 0 Å². The quantitative estimate of drug-likeness (QED) is 0.262. The Hall–Kier alpha value is -3.30. The van der Waals surface area contributed by atoms with Crippen LogP contribution in [-0.4, -0.2) is 11.3 Å². The van der Waals surface area contributed by atoms with Crippen LogP contribution in [0, 0.1) is 41.5 Å². The van der Waals surface area contributed by atoms with Gasteiger partial charge in [-0.15, -0.1) is 0 Å². The molecule has 0 bridgehead atoms. The molecule has 0 aliphatic heterocycles. The van der Waals surface area contributed by atoms with E-state index < -0.39 is 18.5 Å². The molecule has 2 nitrogen and oxygen atoms in total. The number of alkyl halides is 3. The lowest BCUT2D eigenvalue weighted by atomic mass is 9.87. The van der Waals surface area contributed by atoms with Crippen LogP contribution >= 0.6 is 7.14 Å². The van der Waals surface area contributed by atoms with Crippen LogP contribution < -0.4 is 10.6 Å². The molecule has 0 fully saturated rings. The van der Waals surface area contributed by atoms with E-state index in [9.17, 15) is 5.11 Å². The Bertz CT molecular complexity index is 1440.